The molecule has 31 heavy (non-hydrogen) atoms. The van der Waals surface area contributed by atoms with Crippen molar-refractivity contribution in [3.63, 3.8) is 0 Å². The maximum Gasteiger partial charge on any atom is 0.243 e. The number of nitrogens with one attached hydrogen (secondary N) is 1. The third-order valence-electron chi connectivity index (χ3n) is 5.95. The molecule has 0 radical (unpaired) electrons. The van der Waals surface area contributed by atoms with E-state index in [1.54, 1.807) is 16.4 Å². The van der Waals surface area contributed by atoms with Crippen LogP contribution in [-0.2, 0) is 21.4 Å². The Labute approximate surface area is 183 Å². The molecule has 1 saturated heterocycles. The Morgan fingerprint density at radius 1 is 1.03 bits per heavy atom. The van der Waals surface area contributed by atoms with Crippen LogP contribution in [0.2, 0.25) is 0 Å². The molecule has 0 spiro atoms. The number of aryl methyl sites for hydroxylation is 1. The lowest BCUT2D eigenvalue weighted by Gasteiger charge is -2.25. The van der Waals surface area contributed by atoms with E-state index in [-0.39, 0.29) is 11.9 Å². The Morgan fingerprint density at radius 2 is 1.77 bits per heavy atom. The largest absolute Gasteiger partial charge is 0.350 e. The van der Waals surface area contributed by atoms with Crippen LogP contribution in [0.15, 0.2) is 65.7 Å². The summed E-state index contributed by atoms with van der Waals surface area (Å²) < 4.78 is 29.5. The van der Waals surface area contributed by atoms with Gasteiger partial charge in [0, 0.05) is 43.2 Å². The highest BCUT2D eigenvalue weighted by molar-refractivity contribution is 7.89. The summed E-state index contributed by atoms with van der Waals surface area (Å²) in [4.78, 5) is 12.8. The molecule has 0 bridgehead atoms. The molecule has 1 aliphatic rings. The van der Waals surface area contributed by atoms with Crippen LogP contribution in [0.4, 0.5) is 0 Å². The molecule has 2 heterocycles. The summed E-state index contributed by atoms with van der Waals surface area (Å²) in [6.07, 6.45) is 5.20. The van der Waals surface area contributed by atoms with Gasteiger partial charge in [-0.2, -0.15) is 4.31 Å². The summed E-state index contributed by atoms with van der Waals surface area (Å²) in [5, 5.41) is 3.91. The van der Waals surface area contributed by atoms with Crippen LogP contribution in [0, 0.1) is 0 Å². The number of benzene rings is 2. The summed E-state index contributed by atoms with van der Waals surface area (Å²) in [7, 11) is -3.45. The van der Waals surface area contributed by atoms with Gasteiger partial charge in [-0.1, -0.05) is 36.8 Å². The average Bonchev–Trinajstić information content (AvgIpc) is 3.21. The normalized spacial score (nSPS) is 16.3. The summed E-state index contributed by atoms with van der Waals surface area (Å²) in [5.41, 5.74) is 2.01. The number of piperidine rings is 1. The highest BCUT2D eigenvalue weighted by Gasteiger charge is 2.26. The van der Waals surface area contributed by atoms with Crippen molar-refractivity contribution in [2.75, 3.05) is 13.1 Å². The van der Waals surface area contributed by atoms with Gasteiger partial charge in [-0.05, 0) is 49.6 Å². The van der Waals surface area contributed by atoms with Gasteiger partial charge in [0.2, 0.25) is 15.9 Å². The SMILES string of the molecule is C[C@H](NC(=O)CCn1ccc2cc(S(=O)(=O)N3CCCCC3)ccc21)c1ccccc1. The number of aromatic nitrogens is 1. The van der Waals surface area contributed by atoms with E-state index in [4.69, 9.17) is 0 Å². The molecule has 1 aromatic heterocycles. The molecule has 0 unspecified atom stereocenters. The van der Waals surface area contributed by atoms with Gasteiger partial charge in [-0.3, -0.25) is 4.79 Å². The first-order valence-electron chi connectivity index (χ1n) is 10.9. The van der Waals surface area contributed by atoms with Gasteiger partial charge in [-0.25, -0.2) is 8.42 Å². The fourth-order valence-electron chi connectivity index (χ4n) is 4.15. The number of hydrogen-bond acceptors (Lipinski definition) is 3. The van der Waals surface area contributed by atoms with E-state index in [2.05, 4.69) is 5.32 Å². The Morgan fingerprint density at radius 3 is 2.52 bits per heavy atom. The number of hydrogen-bond donors (Lipinski definition) is 1. The zero-order chi connectivity index (χ0) is 21.8. The average molecular weight is 440 g/mol. The minimum Gasteiger partial charge on any atom is -0.350 e. The van der Waals surface area contributed by atoms with Crippen molar-refractivity contribution in [1.82, 2.24) is 14.2 Å². The summed E-state index contributed by atoms with van der Waals surface area (Å²) >= 11 is 0. The number of nitrogens with zero attached hydrogens (tertiary/aromatic N) is 2. The maximum atomic E-state index is 12.9. The number of rotatable bonds is 7. The van der Waals surface area contributed by atoms with E-state index >= 15 is 0 Å². The second-order valence-corrected chi connectivity index (χ2v) is 10.1. The number of carbonyl (C=O) groups is 1. The standard InChI is InChI=1S/C24H29N3O3S/c1-19(20-8-4-2-5-9-20)25-24(28)13-17-26-16-12-21-18-22(10-11-23(21)26)31(29,30)27-14-6-3-7-15-27/h2,4-5,8-12,16,18-19H,3,6-7,13-15,17H2,1H3,(H,25,28)/t19-/m0/s1. The van der Waals surface area contributed by atoms with Crippen LogP contribution < -0.4 is 5.32 Å². The number of sulfonamides is 1. The molecular formula is C24H29N3O3S. The van der Waals surface area contributed by atoms with E-state index < -0.39 is 10.0 Å². The van der Waals surface area contributed by atoms with Crippen molar-refractivity contribution >= 4 is 26.8 Å². The molecule has 7 heteroatoms. The zero-order valence-electron chi connectivity index (χ0n) is 17.8. The molecular weight excluding hydrogens is 410 g/mol. The van der Waals surface area contributed by atoms with Crippen molar-refractivity contribution in [3.05, 3.63) is 66.4 Å². The van der Waals surface area contributed by atoms with Crippen molar-refractivity contribution in [2.24, 2.45) is 0 Å². The lowest BCUT2D eigenvalue weighted by atomic mass is 10.1. The Hall–Kier alpha value is -2.64. The van der Waals surface area contributed by atoms with E-state index in [1.807, 2.05) is 60.2 Å². The zero-order valence-corrected chi connectivity index (χ0v) is 18.6. The minimum atomic E-state index is -3.45. The maximum absolute atomic E-state index is 12.9. The highest BCUT2D eigenvalue weighted by Crippen LogP contribution is 2.25. The summed E-state index contributed by atoms with van der Waals surface area (Å²) in [6.45, 7) is 3.70. The van der Waals surface area contributed by atoms with Crippen LogP contribution >= 0.6 is 0 Å². The van der Waals surface area contributed by atoms with Gasteiger partial charge < -0.3 is 9.88 Å². The lowest BCUT2D eigenvalue weighted by Crippen LogP contribution is -2.35. The lowest BCUT2D eigenvalue weighted by molar-refractivity contribution is -0.121. The third kappa shape index (κ3) is 4.83. The topological polar surface area (TPSA) is 71.4 Å². The van der Waals surface area contributed by atoms with Crippen LogP contribution in [0.5, 0.6) is 0 Å². The third-order valence-corrected chi connectivity index (χ3v) is 7.85. The molecule has 1 N–H and O–H groups in total. The summed E-state index contributed by atoms with van der Waals surface area (Å²) in [5.74, 6) is -0.0116. The van der Waals surface area contributed by atoms with Gasteiger partial charge in [0.1, 0.15) is 0 Å². The van der Waals surface area contributed by atoms with Gasteiger partial charge >= 0.3 is 0 Å². The second kappa shape index (κ2) is 9.24. The first kappa shape index (κ1) is 21.6. The monoisotopic (exact) mass is 439 g/mol. The van der Waals surface area contributed by atoms with Crippen molar-refractivity contribution < 1.29 is 13.2 Å². The fourth-order valence-corrected chi connectivity index (χ4v) is 5.70. The van der Waals surface area contributed by atoms with Crippen LogP contribution in [0.25, 0.3) is 10.9 Å². The van der Waals surface area contributed by atoms with Crippen molar-refractivity contribution in [3.8, 4) is 0 Å². The van der Waals surface area contributed by atoms with Crippen LogP contribution in [0.3, 0.4) is 0 Å². The molecule has 1 fully saturated rings. The van der Waals surface area contributed by atoms with E-state index in [0.29, 0.717) is 31.0 Å². The molecule has 3 aromatic rings. The van der Waals surface area contributed by atoms with E-state index in [0.717, 1.165) is 35.7 Å². The smallest absolute Gasteiger partial charge is 0.243 e. The first-order valence-corrected chi connectivity index (χ1v) is 12.3. The van der Waals surface area contributed by atoms with Crippen molar-refractivity contribution in [1.29, 1.82) is 0 Å². The first-order chi connectivity index (χ1) is 14.9. The molecule has 164 valence electrons. The highest BCUT2D eigenvalue weighted by atomic mass is 32.2. The van der Waals surface area contributed by atoms with Gasteiger partial charge in [0.15, 0.2) is 0 Å². The Kier molecular flexibility index (Phi) is 6.43. The van der Waals surface area contributed by atoms with E-state index in [1.165, 1.54) is 0 Å². The number of fused-ring (bicyclic) bond motifs is 1. The fraction of sp³-hybridized carbons (Fsp3) is 0.375. The molecule has 0 aliphatic carbocycles. The van der Waals surface area contributed by atoms with Crippen molar-refractivity contribution in [2.45, 2.75) is 50.1 Å². The van der Waals surface area contributed by atoms with Gasteiger partial charge in [-0.15, -0.1) is 0 Å². The number of carbonyl (C=O) groups excluding carboxylic acids is 1. The van der Waals surface area contributed by atoms with E-state index in [9.17, 15) is 13.2 Å². The van der Waals surface area contributed by atoms with Gasteiger partial charge in [0.25, 0.3) is 0 Å². The summed E-state index contributed by atoms with van der Waals surface area (Å²) in [6, 6.07) is 17.0. The molecule has 6 nitrogen and oxygen atoms in total. The molecule has 1 amide bonds. The van der Waals surface area contributed by atoms with Crippen LogP contribution in [0.1, 0.15) is 44.2 Å². The Bertz CT molecular complexity index is 1150. The van der Waals surface area contributed by atoms with Gasteiger partial charge in [0.05, 0.1) is 10.9 Å². The second-order valence-electron chi connectivity index (χ2n) is 8.14. The predicted molar refractivity (Wildman–Crippen MR) is 122 cm³/mol. The predicted octanol–water partition coefficient (Wildman–Crippen LogP) is 4.08. The molecule has 1 atom stereocenters. The molecule has 4 rings (SSSR count). The molecule has 0 saturated carbocycles. The quantitative estimate of drug-likeness (QED) is 0.603. The Balaban J connectivity index is 1.42. The molecule has 1 aliphatic heterocycles. The number of amides is 1. The van der Waals surface area contributed by atoms with Crippen LogP contribution in [-0.4, -0.2) is 36.3 Å². The molecule has 2 aromatic carbocycles. The minimum absolute atomic E-state index is 0.0116.